The van der Waals surface area contributed by atoms with Crippen LogP contribution in [0.15, 0.2) is 53.6 Å². The lowest BCUT2D eigenvalue weighted by Gasteiger charge is -2.32. The van der Waals surface area contributed by atoms with Crippen LogP contribution in [0.5, 0.6) is 5.75 Å². The van der Waals surface area contributed by atoms with Gasteiger partial charge in [0.15, 0.2) is 0 Å². The molecule has 2 aromatic carbocycles. The van der Waals surface area contributed by atoms with Gasteiger partial charge in [-0.2, -0.15) is 5.10 Å². The second-order valence-corrected chi connectivity index (χ2v) is 11.7. The van der Waals surface area contributed by atoms with Gasteiger partial charge in [-0.25, -0.2) is 5.01 Å². The molecule has 0 saturated carbocycles. The minimum Gasteiger partial charge on any atom is -0.497 e. The standard InChI is InChI=1S/C30H39ClN4O4/c1-30(2,3)20-28(36)34(13-12-33-14-16-39-17-15-33)21-29(37)35-27(24-10-5-6-11-25(24)31)19-26(32-35)22-8-7-9-23(18-22)38-4/h5-11,18,27H,12-17,19-21H2,1-4H3/t27-/m0/s1. The molecule has 2 amide bonds. The van der Waals surface area contributed by atoms with Crippen LogP contribution in [0.25, 0.3) is 0 Å². The Morgan fingerprint density at radius 1 is 1.13 bits per heavy atom. The fourth-order valence-electron chi connectivity index (χ4n) is 4.88. The van der Waals surface area contributed by atoms with Crippen LogP contribution in [-0.2, 0) is 14.3 Å². The van der Waals surface area contributed by atoms with E-state index in [1.807, 2.05) is 69.3 Å². The average Bonchev–Trinajstić information content (AvgIpc) is 3.36. The molecule has 2 aliphatic heterocycles. The van der Waals surface area contributed by atoms with Crippen LogP contribution in [-0.4, -0.2) is 85.4 Å². The van der Waals surface area contributed by atoms with Crippen molar-refractivity contribution in [2.75, 3.05) is 53.0 Å². The smallest absolute Gasteiger partial charge is 0.262 e. The number of rotatable bonds is 9. The van der Waals surface area contributed by atoms with Gasteiger partial charge in [-0.1, -0.05) is 62.7 Å². The van der Waals surface area contributed by atoms with Gasteiger partial charge in [0, 0.05) is 49.6 Å². The average molecular weight is 555 g/mol. The zero-order valence-electron chi connectivity index (χ0n) is 23.4. The summed E-state index contributed by atoms with van der Waals surface area (Å²) in [5.41, 5.74) is 2.29. The van der Waals surface area contributed by atoms with Crippen LogP contribution in [0, 0.1) is 5.41 Å². The van der Waals surface area contributed by atoms with Gasteiger partial charge in [-0.05, 0) is 29.2 Å². The summed E-state index contributed by atoms with van der Waals surface area (Å²) in [6, 6.07) is 14.8. The third-order valence-corrected chi connectivity index (χ3v) is 7.33. The van der Waals surface area contributed by atoms with Gasteiger partial charge in [0.05, 0.1) is 32.1 Å². The largest absolute Gasteiger partial charge is 0.497 e. The van der Waals surface area contributed by atoms with Gasteiger partial charge in [-0.3, -0.25) is 14.5 Å². The summed E-state index contributed by atoms with van der Waals surface area (Å²) in [4.78, 5) is 31.2. The molecule has 4 rings (SSSR count). The molecule has 0 bridgehead atoms. The monoisotopic (exact) mass is 554 g/mol. The highest BCUT2D eigenvalue weighted by atomic mass is 35.5. The molecule has 2 heterocycles. The van der Waals surface area contributed by atoms with Gasteiger partial charge >= 0.3 is 0 Å². The number of hydrogen-bond acceptors (Lipinski definition) is 6. The predicted molar refractivity (Wildman–Crippen MR) is 153 cm³/mol. The Bertz CT molecular complexity index is 1190. The van der Waals surface area contributed by atoms with E-state index in [2.05, 4.69) is 4.90 Å². The number of hydrogen-bond donors (Lipinski definition) is 0. The Balaban J connectivity index is 1.59. The molecular formula is C30H39ClN4O4. The van der Waals surface area contributed by atoms with Crippen molar-refractivity contribution in [1.29, 1.82) is 0 Å². The van der Waals surface area contributed by atoms with Gasteiger partial charge < -0.3 is 14.4 Å². The minimum atomic E-state index is -0.369. The number of halogens is 1. The molecule has 1 atom stereocenters. The number of carbonyl (C=O) groups excluding carboxylic acids is 2. The van der Waals surface area contributed by atoms with Crippen molar-refractivity contribution in [3.05, 3.63) is 64.7 Å². The number of methoxy groups -OCH3 is 1. The molecule has 0 spiro atoms. The highest BCUT2D eigenvalue weighted by Crippen LogP contribution is 2.37. The van der Waals surface area contributed by atoms with Crippen LogP contribution >= 0.6 is 11.6 Å². The highest BCUT2D eigenvalue weighted by molar-refractivity contribution is 6.31. The molecule has 0 aromatic heterocycles. The van der Waals surface area contributed by atoms with Crippen LogP contribution in [0.1, 0.15) is 50.8 Å². The summed E-state index contributed by atoms with van der Waals surface area (Å²) in [5.74, 6) is 0.452. The predicted octanol–water partition coefficient (Wildman–Crippen LogP) is 4.62. The van der Waals surface area contributed by atoms with Crippen molar-refractivity contribution in [3.63, 3.8) is 0 Å². The number of amides is 2. The Morgan fingerprint density at radius 3 is 2.56 bits per heavy atom. The molecule has 8 nitrogen and oxygen atoms in total. The zero-order chi connectivity index (χ0) is 28.0. The first kappa shape index (κ1) is 29.1. The maximum absolute atomic E-state index is 13.9. The normalized spacial score (nSPS) is 18.1. The topological polar surface area (TPSA) is 74.7 Å². The van der Waals surface area contributed by atoms with Crippen LogP contribution in [0.2, 0.25) is 5.02 Å². The molecule has 1 saturated heterocycles. The Hall–Kier alpha value is -2.94. The van der Waals surface area contributed by atoms with E-state index in [0.29, 0.717) is 44.2 Å². The lowest BCUT2D eigenvalue weighted by Crippen LogP contribution is -2.47. The summed E-state index contributed by atoms with van der Waals surface area (Å²) in [5, 5.41) is 6.89. The summed E-state index contributed by atoms with van der Waals surface area (Å²) in [6.45, 7) is 10.2. The number of hydrazone groups is 1. The minimum absolute atomic E-state index is 0.0328. The van der Waals surface area contributed by atoms with Crippen molar-refractivity contribution in [3.8, 4) is 5.75 Å². The van der Waals surface area contributed by atoms with E-state index in [4.69, 9.17) is 26.2 Å². The maximum atomic E-state index is 13.9. The number of ether oxygens (including phenoxy) is 2. The van der Waals surface area contributed by atoms with Gasteiger partial charge in [-0.15, -0.1) is 0 Å². The number of morpholine rings is 1. The first-order valence-corrected chi connectivity index (χ1v) is 13.9. The summed E-state index contributed by atoms with van der Waals surface area (Å²) in [7, 11) is 1.62. The van der Waals surface area contributed by atoms with Gasteiger partial charge in [0.2, 0.25) is 5.91 Å². The SMILES string of the molecule is COc1cccc(C2=NN(C(=O)CN(CCN3CCOCC3)C(=O)CC(C)(C)C)[C@H](c3ccccc3Cl)C2)c1. The Labute approximate surface area is 236 Å². The molecule has 39 heavy (non-hydrogen) atoms. The number of nitrogens with zero attached hydrogens (tertiary/aromatic N) is 4. The van der Waals surface area contributed by atoms with E-state index in [0.717, 1.165) is 35.7 Å². The summed E-state index contributed by atoms with van der Waals surface area (Å²) >= 11 is 6.59. The summed E-state index contributed by atoms with van der Waals surface area (Å²) in [6.07, 6.45) is 0.863. The zero-order valence-corrected chi connectivity index (χ0v) is 24.1. The van der Waals surface area contributed by atoms with Gasteiger partial charge in [0.25, 0.3) is 5.91 Å². The van der Waals surface area contributed by atoms with Crippen molar-refractivity contribution in [2.45, 2.75) is 39.7 Å². The Kier molecular flexibility index (Phi) is 9.64. The van der Waals surface area contributed by atoms with Crippen LogP contribution < -0.4 is 4.74 Å². The van der Waals surface area contributed by atoms with Crippen LogP contribution in [0.4, 0.5) is 0 Å². The lowest BCUT2D eigenvalue weighted by molar-refractivity contribution is -0.142. The number of benzene rings is 2. The van der Waals surface area contributed by atoms with E-state index in [9.17, 15) is 9.59 Å². The molecule has 2 aliphatic rings. The van der Waals surface area contributed by atoms with Crippen LogP contribution in [0.3, 0.4) is 0 Å². The van der Waals surface area contributed by atoms with Crippen molar-refractivity contribution in [2.24, 2.45) is 10.5 Å². The third-order valence-electron chi connectivity index (χ3n) is 6.98. The van der Waals surface area contributed by atoms with E-state index in [1.165, 1.54) is 5.01 Å². The fraction of sp³-hybridized carbons (Fsp3) is 0.500. The fourth-order valence-corrected chi connectivity index (χ4v) is 5.15. The van der Waals surface area contributed by atoms with Crippen molar-refractivity contribution in [1.82, 2.24) is 14.8 Å². The molecular weight excluding hydrogens is 516 g/mol. The molecule has 0 radical (unpaired) electrons. The molecule has 2 aromatic rings. The summed E-state index contributed by atoms with van der Waals surface area (Å²) < 4.78 is 10.9. The van der Waals surface area contributed by atoms with E-state index in [1.54, 1.807) is 12.0 Å². The third kappa shape index (κ3) is 7.81. The molecule has 1 fully saturated rings. The second kappa shape index (κ2) is 12.9. The van der Waals surface area contributed by atoms with Crippen molar-refractivity contribution < 1.29 is 19.1 Å². The number of carbonyl (C=O) groups is 2. The maximum Gasteiger partial charge on any atom is 0.262 e. The molecule has 0 N–H and O–H groups in total. The first-order valence-electron chi connectivity index (χ1n) is 13.5. The molecule has 0 unspecified atom stereocenters. The molecule has 210 valence electrons. The van der Waals surface area contributed by atoms with E-state index >= 15 is 0 Å². The highest BCUT2D eigenvalue weighted by Gasteiger charge is 2.36. The van der Waals surface area contributed by atoms with E-state index < -0.39 is 0 Å². The molecule has 9 heteroatoms. The quantitative estimate of drug-likeness (QED) is 0.452. The van der Waals surface area contributed by atoms with Gasteiger partial charge in [0.1, 0.15) is 12.3 Å². The molecule has 0 aliphatic carbocycles. The lowest BCUT2D eigenvalue weighted by atomic mass is 9.91. The van der Waals surface area contributed by atoms with Crippen molar-refractivity contribution >= 4 is 29.1 Å². The second-order valence-electron chi connectivity index (χ2n) is 11.3. The van der Waals surface area contributed by atoms with E-state index in [-0.39, 0.29) is 29.8 Å². The Morgan fingerprint density at radius 2 is 1.87 bits per heavy atom. The first-order chi connectivity index (χ1) is 18.6.